The van der Waals surface area contributed by atoms with E-state index in [-0.39, 0.29) is 12.2 Å². The van der Waals surface area contributed by atoms with E-state index < -0.39 is 0 Å². The molecule has 4 rings (SSSR count). The van der Waals surface area contributed by atoms with Crippen LogP contribution in [-0.4, -0.2) is 35.4 Å². The number of benzene rings is 1. The minimum Gasteiger partial charge on any atom is -0.497 e. The van der Waals surface area contributed by atoms with Crippen molar-refractivity contribution in [2.24, 2.45) is 7.05 Å². The Bertz CT molecular complexity index is 774. The van der Waals surface area contributed by atoms with E-state index in [1.807, 2.05) is 24.1 Å². The zero-order valence-corrected chi connectivity index (χ0v) is 15.7. The van der Waals surface area contributed by atoms with Gasteiger partial charge in [0.15, 0.2) is 0 Å². The standard InChI is InChI=1S/C20H27N3O3/c1-13-6-14-7-17(24-3)8-15(20(14)26-13)10-22-16-4-5-25-19(9-16)18-11-21-12-23(18)2/h7-8,11-13,16,19,22H,4-6,9-10H2,1-3H3. The van der Waals surface area contributed by atoms with E-state index in [0.717, 1.165) is 49.6 Å². The Balaban J connectivity index is 1.44. The molecule has 1 fully saturated rings. The summed E-state index contributed by atoms with van der Waals surface area (Å²) in [4.78, 5) is 4.21. The molecule has 2 aromatic rings. The number of imidazole rings is 1. The average Bonchev–Trinajstić information content (AvgIpc) is 3.24. The summed E-state index contributed by atoms with van der Waals surface area (Å²) < 4.78 is 19.5. The highest BCUT2D eigenvalue weighted by atomic mass is 16.5. The molecule has 3 unspecified atom stereocenters. The molecule has 1 N–H and O–H groups in total. The maximum Gasteiger partial charge on any atom is 0.127 e. The molecule has 1 saturated heterocycles. The van der Waals surface area contributed by atoms with Gasteiger partial charge in [-0.1, -0.05) is 0 Å². The van der Waals surface area contributed by atoms with Crippen molar-refractivity contribution in [2.75, 3.05) is 13.7 Å². The van der Waals surface area contributed by atoms with Crippen LogP contribution in [0.15, 0.2) is 24.7 Å². The van der Waals surface area contributed by atoms with Crippen molar-refractivity contribution in [3.63, 3.8) is 0 Å². The lowest BCUT2D eigenvalue weighted by Gasteiger charge is -2.30. The molecule has 1 aromatic heterocycles. The van der Waals surface area contributed by atoms with E-state index in [9.17, 15) is 0 Å². The van der Waals surface area contributed by atoms with Crippen molar-refractivity contribution < 1.29 is 14.2 Å². The predicted octanol–water partition coefficient (Wildman–Crippen LogP) is 2.76. The quantitative estimate of drug-likeness (QED) is 0.892. The lowest BCUT2D eigenvalue weighted by atomic mass is 10.00. The fourth-order valence-electron chi connectivity index (χ4n) is 3.95. The van der Waals surface area contributed by atoms with Gasteiger partial charge in [0.25, 0.3) is 0 Å². The van der Waals surface area contributed by atoms with Gasteiger partial charge < -0.3 is 24.1 Å². The molecule has 6 heteroatoms. The van der Waals surface area contributed by atoms with Gasteiger partial charge in [-0.25, -0.2) is 4.98 Å². The number of aryl methyl sites for hydroxylation is 1. The first-order valence-electron chi connectivity index (χ1n) is 9.31. The van der Waals surface area contributed by atoms with Crippen LogP contribution in [0.25, 0.3) is 0 Å². The zero-order valence-electron chi connectivity index (χ0n) is 15.7. The van der Waals surface area contributed by atoms with Crippen molar-refractivity contribution >= 4 is 0 Å². The molecule has 0 spiro atoms. The highest BCUT2D eigenvalue weighted by Crippen LogP contribution is 2.36. The molecule has 2 aliphatic heterocycles. The van der Waals surface area contributed by atoms with Crippen molar-refractivity contribution in [1.29, 1.82) is 0 Å². The molecule has 2 aliphatic rings. The van der Waals surface area contributed by atoms with E-state index in [2.05, 4.69) is 29.4 Å². The van der Waals surface area contributed by atoms with Gasteiger partial charge in [0.05, 0.1) is 25.3 Å². The Labute approximate surface area is 154 Å². The summed E-state index contributed by atoms with van der Waals surface area (Å²) in [6.45, 7) is 3.65. The van der Waals surface area contributed by atoms with Crippen LogP contribution in [0, 0.1) is 0 Å². The van der Waals surface area contributed by atoms with Crippen LogP contribution in [0.2, 0.25) is 0 Å². The zero-order chi connectivity index (χ0) is 18.1. The average molecular weight is 357 g/mol. The second-order valence-corrected chi connectivity index (χ2v) is 7.30. The summed E-state index contributed by atoms with van der Waals surface area (Å²) in [5.41, 5.74) is 3.55. The Hall–Kier alpha value is -2.05. The van der Waals surface area contributed by atoms with Crippen LogP contribution in [0.5, 0.6) is 11.5 Å². The molecule has 3 heterocycles. The van der Waals surface area contributed by atoms with Crippen molar-refractivity contribution in [3.05, 3.63) is 41.5 Å². The molecule has 26 heavy (non-hydrogen) atoms. The van der Waals surface area contributed by atoms with Gasteiger partial charge in [-0.2, -0.15) is 0 Å². The van der Waals surface area contributed by atoms with Crippen molar-refractivity contribution in [3.8, 4) is 11.5 Å². The van der Waals surface area contributed by atoms with Gasteiger partial charge in [0, 0.05) is 43.8 Å². The van der Waals surface area contributed by atoms with E-state index in [0.29, 0.717) is 6.04 Å². The molecule has 6 nitrogen and oxygen atoms in total. The van der Waals surface area contributed by atoms with Crippen molar-refractivity contribution in [1.82, 2.24) is 14.9 Å². The van der Waals surface area contributed by atoms with Crippen LogP contribution in [0.3, 0.4) is 0 Å². The molecule has 0 amide bonds. The Morgan fingerprint density at radius 2 is 2.27 bits per heavy atom. The van der Waals surface area contributed by atoms with Gasteiger partial charge in [0.2, 0.25) is 0 Å². The molecular weight excluding hydrogens is 330 g/mol. The third-order valence-electron chi connectivity index (χ3n) is 5.33. The van der Waals surface area contributed by atoms with Crippen LogP contribution in [0.1, 0.15) is 42.7 Å². The lowest BCUT2D eigenvalue weighted by Crippen LogP contribution is -2.36. The van der Waals surface area contributed by atoms with Crippen LogP contribution < -0.4 is 14.8 Å². The van der Waals surface area contributed by atoms with E-state index in [4.69, 9.17) is 14.2 Å². The van der Waals surface area contributed by atoms with Gasteiger partial charge in [-0.3, -0.25) is 0 Å². The minimum absolute atomic E-state index is 0.0982. The van der Waals surface area contributed by atoms with Gasteiger partial charge in [0.1, 0.15) is 23.7 Å². The Morgan fingerprint density at radius 3 is 3.04 bits per heavy atom. The smallest absolute Gasteiger partial charge is 0.127 e. The van der Waals surface area contributed by atoms with Gasteiger partial charge in [-0.05, 0) is 31.9 Å². The van der Waals surface area contributed by atoms with Crippen LogP contribution >= 0.6 is 0 Å². The molecule has 140 valence electrons. The molecule has 0 bridgehead atoms. The SMILES string of the molecule is COc1cc(CNC2CCOC(c3cncn3C)C2)c2c(c1)CC(C)O2. The second kappa shape index (κ2) is 7.29. The first-order valence-corrected chi connectivity index (χ1v) is 9.31. The topological polar surface area (TPSA) is 57.5 Å². The normalized spacial score (nSPS) is 25.0. The Morgan fingerprint density at radius 1 is 1.38 bits per heavy atom. The largest absolute Gasteiger partial charge is 0.497 e. The number of fused-ring (bicyclic) bond motifs is 1. The van der Waals surface area contributed by atoms with Gasteiger partial charge >= 0.3 is 0 Å². The number of rotatable bonds is 5. The van der Waals surface area contributed by atoms with Crippen LogP contribution in [-0.2, 0) is 24.8 Å². The van der Waals surface area contributed by atoms with E-state index in [1.165, 1.54) is 11.1 Å². The molecule has 0 radical (unpaired) electrons. The summed E-state index contributed by atoms with van der Waals surface area (Å²) >= 11 is 0. The summed E-state index contributed by atoms with van der Waals surface area (Å²) in [5.74, 6) is 1.93. The van der Waals surface area contributed by atoms with Gasteiger partial charge in [-0.15, -0.1) is 0 Å². The molecule has 0 aliphatic carbocycles. The predicted molar refractivity (Wildman–Crippen MR) is 98.6 cm³/mol. The summed E-state index contributed by atoms with van der Waals surface area (Å²) in [7, 11) is 3.73. The third-order valence-corrected chi connectivity index (χ3v) is 5.33. The summed E-state index contributed by atoms with van der Waals surface area (Å²) in [6.07, 6.45) is 6.96. The Kier molecular flexibility index (Phi) is 4.87. The van der Waals surface area contributed by atoms with Crippen LogP contribution in [0.4, 0.5) is 0 Å². The highest BCUT2D eigenvalue weighted by molar-refractivity contribution is 5.49. The van der Waals surface area contributed by atoms with E-state index in [1.54, 1.807) is 7.11 Å². The molecular formula is C20H27N3O3. The summed E-state index contributed by atoms with van der Waals surface area (Å²) in [6, 6.07) is 4.58. The number of nitrogens with one attached hydrogen (secondary N) is 1. The highest BCUT2D eigenvalue weighted by Gasteiger charge is 2.27. The summed E-state index contributed by atoms with van der Waals surface area (Å²) in [5, 5.41) is 3.70. The monoisotopic (exact) mass is 357 g/mol. The maximum atomic E-state index is 6.04. The minimum atomic E-state index is 0.0982. The number of hydrogen-bond acceptors (Lipinski definition) is 5. The first-order chi connectivity index (χ1) is 12.6. The number of aromatic nitrogens is 2. The fourth-order valence-corrected chi connectivity index (χ4v) is 3.95. The van der Waals surface area contributed by atoms with E-state index >= 15 is 0 Å². The second-order valence-electron chi connectivity index (χ2n) is 7.30. The number of ether oxygens (including phenoxy) is 3. The number of hydrogen-bond donors (Lipinski definition) is 1. The molecule has 1 aromatic carbocycles. The third kappa shape index (κ3) is 3.44. The number of methoxy groups -OCH3 is 1. The van der Waals surface area contributed by atoms with Crippen molar-refractivity contribution in [2.45, 2.75) is 51.0 Å². The molecule has 0 saturated carbocycles. The number of nitrogens with zero attached hydrogens (tertiary/aromatic N) is 2. The lowest BCUT2D eigenvalue weighted by molar-refractivity contribution is -0.00407. The maximum absolute atomic E-state index is 6.04. The first kappa shape index (κ1) is 17.4. The molecule has 3 atom stereocenters. The fraction of sp³-hybridized carbons (Fsp3) is 0.550.